The summed E-state index contributed by atoms with van der Waals surface area (Å²) < 4.78 is 5.16. The standard InChI is InChI=1S/C17H22O3/c1-3-4-6-11-16(20-14(2)18)12-13-17(19)15-9-7-5-8-10-15/h5,7-10,16-17,19H,3-4,6,11H2,1-2H3. The number of unbranched alkanes of at least 4 members (excludes halogenated alkanes) is 2. The number of aliphatic hydroxyl groups excluding tert-OH is 1. The van der Waals surface area contributed by atoms with Gasteiger partial charge in [-0.3, -0.25) is 4.79 Å². The first-order valence-corrected chi connectivity index (χ1v) is 7.04. The Morgan fingerprint density at radius 3 is 2.55 bits per heavy atom. The molecule has 0 aliphatic heterocycles. The molecule has 0 radical (unpaired) electrons. The predicted molar refractivity (Wildman–Crippen MR) is 78.9 cm³/mol. The third-order valence-corrected chi connectivity index (χ3v) is 2.87. The second kappa shape index (κ2) is 9.17. The molecule has 0 aliphatic carbocycles. The van der Waals surface area contributed by atoms with E-state index in [1.165, 1.54) is 6.92 Å². The number of benzene rings is 1. The summed E-state index contributed by atoms with van der Waals surface area (Å²) in [6, 6.07) is 9.22. The van der Waals surface area contributed by atoms with Gasteiger partial charge in [0.25, 0.3) is 0 Å². The van der Waals surface area contributed by atoms with E-state index in [4.69, 9.17) is 4.74 Å². The van der Waals surface area contributed by atoms with Crippen LogP contribution in [0.4, 0.5) is 0 Å². The van der Waals surface area contributed by atoms with Crippen molar-refractivity contribution >= 4 is 5.97 Å². The largest absolute Gasteiger partial charge is 0.449 e. The van der Waals surface area contributed by atoms with Crippen molar-refractivity contribution in [2.24, 2.45) is 0 Å². The normalized spacial score (nSPS) is 12.9. The lowest BCUT2D eigenvalue weighted by atomic mass is 10.1. The van der Waals surface area contributed by atoms with Crippen molar-refractivity contribution in [1.82, 2.24) is 0 Å². The monoisotopic (exact) mass is 274 g/mol. The van der Waals surface area contributed by atoms with E-state index in [1.807, 2.05) is 30.3 Å². The van der Waals surface area contributed by atoms with Crippen LogP contribution in [-0.4, -0.2) is 17.2 Å². The molecule has 0 spiro atoms. The highest BCUT2D eigenvalue weighted by atomic mass is 16.5. The van der Waals surface area contributed by atoms with Crippen LogP contribution in [0.3, 0.4) is 0 Å². The molecule has 0 aromatic heterocycles. The molecule has 0 saturated carbocycles. The van der Waals surface area contributed by atoms with E-state index in [-0.39, 0.29) is 5.97 Å². The molecule has 3 nitrogen and oxygen atoms in total. The maximum absolute atomic E-state index is 11.0. The number of rotatable bonds is 6. The number of ether oxygens (including phenoxy) is 1. The van der Waals surface area contributed by atoms with Gasteiger partial charge in [-0.15, -0.1) is 0 Å². The van der Waals surface area contributed by atoms with Gasteiger partial charge < -0.3 is 9.84 Å². The molecule has 0 bridgehead atoms. The highest BCUT2D eigenvalue weighted by Crippen LogP contribution is 2.12. The first-order valence-electron chi connectivity index (χ1n) is 7.04. The second-order valence-electron chi connectivity index (χ2n) is 4.70. The molecule has 0 saturated heterocycles. The van der Waals surface area contributed by atoms with Gasteiger partial charge in [0.15, 0.2) is 6.10 Å². The second-order valence-corrected chi connectivity index (χ2v) is 4.70. The van der Waals surface area contributed by atoms with Crippen molar-refractivity contribution in [2.45, 2.75) is 51.7 Å². The van der Waals surface area contributed by atoms with Crippen molar-refractivity contribution in [3.63, 3.8) is 0 Å². The van der Waals surface area contributed by atoms with Crippen LogP contribution in [0.15, 0.2) is 30.3 Å². The summed E-state index contributed by atoms with van der Waals surface area (Å²) in [5, 5.41) is 9.96. The van der Waals surface area contributed by atoms with Gasteiger partial charge >= 0.3 is 5.97 Å². The van der Waals surface area contributed by atoms with Gasteiger partial charge in [0.2, 0.25) is 0 Å². The number of aliphatic hydroxyl groups is 1. The van der Waals surface area contributed by atoms with Crippen LogP contribution in [0.1, 0.15) is 51.2 Å². The number of esters is 1. The number of hydrogen-bond donors (Lipinski definition) is 1. The predicted octanol–water partition coefficient (Wildman–Crippen LogP) is 3.24. The van der Waals surface area contributed by atoms with Crippen LogP contribution in [0, 0.1) is 11.8 Å². The lowest BCUT2D eigenvalue weighted by molar-refractivity contribution is -0.144. The summed E-state index contributed by atoms with van der Waals surface area (Å²) >= 11 is 0. The third-order valence-electron chi connectivity index (χ3n) is 2.87. The molecule has 1 aromatic rings. The summed E-state index contributed by atoms with van der Waals surface area (Å²) in [6.07, 6.45) is 2.58. The van der Waals surface area contributed by atoms with Crippen LogP contribution < -0.4 is 0 Å². The minimum Gasteiger partial charge on any atom is -0.449 e. The Morgan fingerprint density at radius 1 is 1.25 bits per heavy atom. The Kier molecular flexibility index (Phi) is 7.46. The molecular formula is C17H22O3. The molecule has 2 unspecified atom stereocenters. The average molecular weight is 274 g/mol. The van der Waals surface area contributed by atoms with Crippen LogP contribution in [-0.2, 0) is 9.53 Å². The Labute approximate surface area is 121 Å². The van der Waals surface area contributed by atoms with Gasteiger partial charge in [-0.25, -0.2) is 0 Å². The van der Waals surface area contributed by atoms with E-state index in [9.17, 15) is 9.90 Å². The van der Waals surface area contributed by atoms with Gasteiger partial charge in [0.05, 0.1) is 0 Å². The minimum atomic E-state index is -0.847. The molecule has 0 amide bonds. The smallest absolute Gasteiger partial charge is 0.303 e. The van der Waals surface area contributed by atoms with Crippen LogP contribution >= 0.6 is 0 Å². The molecule has 0 aliphatic rings. The lowest BCUT2D eigenvalue weighted by Gasteiger charge is -2.11. The van der Waals surface area contributed by atoms with Gasteiger partial charge in [-0.2, -0.15) is 0 Å². The maximum atomic E-state index is 11.0. The van der Waals surface area contributed by atoms with Gasteiger partial charge in [0.1, 0.15) is 6.10 Å². The first-order chi connectivity index (χ1) is 9.63. The first kappa shape index (κ1) is 16.3. The molecule has 1 rings (SSSR count). The summed E-state index contributed by atoms with van der Waals surface area (Å²) in [5.74, 6) is 5.29. The highest BCUT2D eigenvalue weighted by Gasteiger charge is 2.09. The highest BCUT2D eigenvalue weighted by molar-refractivity contribution is 5.66. The third kappa shape index (κ3) is 6.40. The molecule has 0 heterocycles. The molecular weight excluding hydrogens is 252 g/mol. The number of carbonyl (C=O) groups excluding carboxylic acids is 1. The van der Waals surface area contributed by atoms with E-state index < -0.39 is 12.2 Å². The fourth-order valence-electron chi connectivity index (χ4n) is 1.83. The molecule has 20 heavy (non-hydrogen) atoms. The van der Waals surface area contributed by atoms with Crippen LogP contribution in [0.2, 0.25) is 0 Å². The van der Waals surface area contributed by atoms with Gasteiger partial charge in [0, 0.05) is 6.92 Å². The average Bonchev–Trinajstić information content (AvgIpc) is 2.45. The van der Waals surface area contributed by atoms with Crippen molar-refractivity contribution in [1.29, 1.82) is 0 Å². The van der Waals surface area contributed by atoms with Crippen LogP contribution in [0.5, 0.6) is 0 Å². The van der Waals surface area contributed by atoms with E-state index in [0.717, 1.165) is 24.8 Å². The van der Waals surface area contributed by atoms with E-state index in [0.29, 0.717) is 6.42 Å². The summed E-state index contributed by atoms with van der Waals surface area (Å²) in [5.41, 5.74) is 0.745. The van der Waals surface area contributed by atoms with E-state index in [2.05, 4.69) is 18.8 Å². The van der Waals surface area contributed by atoms with Crippen molar-refractivity contribution in [3.05, 3.63) is 35.9 Å². The zero-order valence-corrected chi connectivity index (χ0v) is 12.1. The molecule has 0 fully saturated rings. The minimum absolute atomic E-state index is 0.338. The lowest BCUT2D eigenvalue weighted by Crippen LogP contribution is -2.14. The summed E-state index contributed by atoms with van der Waals surface area (Å²) in [7, 11) is 0. The quantitative estimate of drug-likeness (QED) is 0.492. The molecule has 3 heteroatoms. The molecule has 108 valence electrons. The van der Waals surface area contributed by atoms with E-state index in [1.54, 1.807) is 0 Å². The summed E-state index contributed by atoms with van der Waals surface area (Å²) in [6.45, 7) is 3.49. The van der Waals surface area contributed by atoms with Crippen molar-refractivity contribution in [3.8, 4) is 11.8 Å². The van der Waals surface area contributed by atoms with Crippen LogP contribution in [0.25, 0.3) is 0 Å². The Balaban J connectivity index is 2.63. The topological polar surface area (TPSA) is 46.5 Å². The van der Waals surface area contributed by atoms with Gasteiger partial charge in [-0.05, 0) is 18.4 Å². The zero-order chi connectivity index (χ0) is 14.8. The number of carbonyl (C=O) groups is 1. The fourth-order valence-corrected chi connectivity index (χ4v) is 1.83. The van der Waals surface area contributed by atoms with Crippen molar-refractivity contribution in [2.75, 3.05) is 0 Å². The fraction of sp³-hybridized carbons (Fsp3) is 0.471. The Morgan fingerprint density at radius 2 is 1.95 bits per heavy atom. The molecule has 2 atom stereocenters. The Hall–Kier alpha value is -1.79. The number of hydrogen-bond acceptors (Lipinski definition) is 3. The van der Waals surface area contributed by atoms with Crippen molar-refractivity contribution < 1.29 is 14.6 Å². The maximum Gasteiger partial charge on any atom is 0.303 e. The van der Waals surface area contributed by atoms with E-state index >= 15 is 0 Å². The molecule has 1 aromatic carbocycles. The summed E-state index contributed by atoms with van der Waals surface area (Å²) in [4.78, 5) is 11.0. The molecule has 1 N–H and O–H groups in total. The Bertz CT molecular complexity index is 456. The SMILES string of the molecule is CCCCCC(C#CC(O)c1ccccc1)OC(C)=O. The zero-order valence-electron chi connectivity index (χ0n) is 12.1. The van der Waals surface area contributed by atoms with Gasteiger partial charge in [-0.1, -0.05) is 61.9 Å².